The minimum Gasteiger partial charge on any atom is -0.489 e. The lowest BCUT2D eigenvalue weighted by molar-refractivity contribution is 0.224. The minimum atomic E-state index is -0.143. The van der Waals surface area contributed by atoms with Gasteiger partial charge in [-0.1, -0.05) is 176 Å². The minimum absolute atomic E-state index is 0.143. The molecule has 1 atom stereocenters. The van der Waals surface area contributed by atoms with E-state index in [9.17, 15) is 15.8 Å². The molecule has 12 rings (SSSR count). The molecule has 0 aliphatic heterocycles. The van der Waals surface area contributed by atoms with Crippen LogP contribution in [0.5, 0.6) is 17.2 Å². The molecule has 3 aromatic heterocycles. The number of imidazole rings is 3. The van der Waals surface area contributed by atoms with E-state index in [1.807, 2.05) is 136 Å². The number of hydrogen-bond acceptors (Lipinski definition) is 9. The summed E-state index contributed by atoms with van der Waals surface area (Å²) in [5.41, 5.74) is 15.1. The van der Waals surface area contributed by atoms with E-state index in [2.05, 4.69) is 136 Å². The van der Waals surface area contributed by atoms with E-state index in [0.717, 1.165) is 50.4 Å². The van der Waals surface area contributed by atoms with Gasteiger partial charge < -0.3 is 27.9 Å². The van der Waals surface area contributed by atoms with Gasteiger partial charge in [0.05, 0.1) is 60.9 Å². The largest absolute Gasteiger partial charge is 0.489 e. The van der Waals surface area contributed by atoms with Crippen molar-refractivity contribution >= 4 is 0 Å². The Morgan fingerprint density at radius 2 is 0.847 bits per heavy atom. The van der Waals surface area contributed by atoms with Crippen LogP contribution in [0.4, 0.5) is 0 Å². The highest BCUT2D eigenvalue weighted by Gasteiger charge is 2.14. The maximum atomic E-state index is 9.38. The Bertz CT molecular complexity index is 4150. The van der Waals surface area contributed by atoms with Crippen LogP contribution in [0.15, 0.2) is 275 Å². The fraction of sp³-hybridized carbons (Fsp3) is 0.0959. The summed E-state index contributed by atoms with van der Waals surface area (Å²) in [6.45, 7) is 4.85. The Kier molecular flexibility index (Phi) is 19.2. The predicted octanol–water partition coefficient (Wildman–Crippen LogP) is 15.7. The fourth-order valence-electron chi connectivity index (χ4n) is 9.43. The van der Waals surface area contributed by atoms with Crippen molar-refractivity contribution in [3.8, 4) is 68.8 Å². The monoisotopic (exact) mass is 1110 g/mol. The smallest absolute Gasteiger partial charge is 0.137 e. The Labute approximate surface area is 495 Å². The van der Waals surface area contributed by atoms with Crippen LogP contribution in [0.25, 0.3) is 33.4 Å². The van der Waals surface area contributed by atoms with Crippen molar-refractivity contribution in [3.63, 3.8) is 0 Å². The van der Waals surface area contributed by atoms with Gasteiger partial charge >= 0.3 is 0 Å². The molecule has 0 N–H and O–H groups in total. The van der Waals surface area contributed by atoms with Crippen LogP contribution in [0, 0.1) is 34.0 Å². The van der Waals surface area contributed by atoms with Crippen molar-refractivity contribution in [2.75, 3.05) is 0 Å². The van der Waals surface area contributed by atoms with Crippen LogP contribution in [-0.2, 0) is 32.8 Å². The van der Waals surface area contributed by atoms with Gasteiger partial charge in [-0.15, -0.1) is 0 Å². The zero-order valence-electron chi connectivity index (χ0n) is 46.8. The topological polar surface area (TPSA) is 153 Å². The molecule has 12 aromatic rings. The van der Waals surface area contributed by atoms with Crippen LogP contribution >= 0.6 is 0 Å². The molecular weight excluding hydrogens is 1050 g/mol. The molecule has 12 heteroatoms. The van der Waals surface area contributed by atoms with Gasteiger partial charge in [0.1, 0.15) is 42.6 Å². The summed E-state index contributed by atoms with van der Waals surface area (Å²) in [6, 6.07) is 79.3. The lowest BCUT2D eigenvalue weighted by Gasteiger charge is -2.19. The van der Waals surface area contributed by atoms with Gasteiger partial charge in [-0.3, -0.25) is 0 Å². The molecule has 0 bridgehead atoms. The van der Waals surface area contributed by atoms with E-state index < -0.39 is 0 Å². The fourth-order valence-corrected chi connectivity index (χ4v) is 9.43. The summed E-state index contributed by atoms with van der Waals surface area (Å²) in [5, 5.41) is 27.9. The molecule has 0 aliphatic rings. The van der Waals surface area contributed by atoms with Crippen molar-refractivity contribution in [1.82, 2.24) is 28.7 Å². The number of nitriles is 3. The second-order valence-electron chi connectivity index (χ2n) is 20.0. The number of aromatic nitrogens is 6. The lowest BCUT2D eigenvalue weighted by Crippen LogP contribution is -2.07. The molecule has 85 heavy (non-hydrogen) atoms. The molecule has 0 aliphatic carbocycles. The Morgan fingerprint density at radius 3 is 1.38 bits per heavy atom. The summed E-state index contributed by atoms with van der Waals surface area (Å²) in [5.74, 6) is 2.04. The zero-order chi connectivity index (χ0) is 58.4. The van der Waals surface area contributed by atoms with Crippen LogP contribution in [0.3, 0.4) is 0 Å². The van der Waals surface area contributed by atoms with Crippen LogP contribution in [-0.4, -0.2) is 28.7 Å². The molecule has 0 saturated carbocycles. The van der Waals surface area contributed by atoms with Crippen molar-refractivity contribution < 1.29 is 14.2 Å². The highest BCUT2D eigenvalue weighted by molar-refractivity contribution is 5.65. The molecule has 12 nitrogen and oxygen atoms in total. The van der Waals surface area contributed by atoms with Crippen molar-refractivity contribution in [2.24, 2.45) is 0 Å². The molecule has 414 valence electrons. The Morgan fingerprint density at radius 1 is 0.388 bits per heavy atom. The van der Waals surface area contributed by atoms with Crippen LogP contribution in [0.1, 0.15) is 63.1 Å². The average molecular weight is 1110 g/mol. The third-order valence-corrected chi connectivity index (χ3v) is 14.0. The first kappa shape index (κ1) is 56.7. The van der Waals surface area contributed by atoms with Crippen molar-refractivity contribution in [2.45, 2.75) is 45.9 Å². The maximum absolute atomic E-state index is 9.38. The number of nitrogens with zero attached hydrogens (tertiary/aromatic N) is 9. The van der Waals surface area contributed by atoms with Gasteiger partial charge in [0.25, 0.3) is 0 Å². The molecule has 9 aromatic carbocycles. The Hall–Kier alpha value is -11.5. The normalized spacial score (nSPS) is 10.8. The molecule has 0 amide bonds. The van der Waals surface area contributed by atoms with E-state index in [1.165, 1.54) is 27.8 Å². The van der Waals surface area contributed by atoms with Gasteiger partial charge in [-0.2, -0.15) is 15.8 Å². The van der Waals surface area contributed by atoms with Crippen LogP contribution in [0.2, 0.25) is 0 Å². The van der Waals surface area contributed by atoms with E-state index >= 15 is 0 Å². The first-order chi connectivity index (χ1) is 41.9. The highest BCUT2D eigenvalue weighted by atomic mass is 16.5. The van der Waals surface area contributed by atoms with Gasteiger partial charge in [0.15, 0.2) is 0 Å². The molecule has 3 heterocycles. The highest BCUT2D eigenvalue weighted by Crippen LogP contribution is 2.30. The summed E-state index contributed by atoms with van der Waals surface area (Å²) in [6.07, 6.45) is 16.1. The second kappa shape index (κ2) is 28.8. The van der Waals surface area contributed by atoms with Gasteiger partial charge in [0, 0.05) is 54.9 Å². The number of ether oxygens (including phenoxy) is 3. The van der Waals surface area contributed by atoms with E-state index in [-0.39, 0.29) is 6.10 Å². The molecule has 1 unspecified atom stereocenters. The third kappa shape index (κ3) is 15.9. The van der Waals surface area contributed by atoms with Gasteiger partial charge in [-0.25, -0.2) is 15.0 Å². The standard InChI is InChI=1S/C25H21N3O.2C24H19N3O/c1-19(21-9-11-23(12-10-21)22-5-3-2-4-6-22)29-25-15-20(16-26)7-8-24(25)17-28-14-13-27-18-28;25-15-19-9-10-23(16-27-12-11-26-18-27)24(14-19)28-17-20-5-4-8-22(13-20)21-6-2-1-3-7-21;25-15-23-11-8-20(16-27-13-12-26-18-27)14-24(23)28-17-19-6-9-22(10-7-19)21-4-2-1-3-5-21/h2-15,18-19H,17H2,1H3;2*1-14,18H,16-17H2. The number of rotatable bonds is 18. The van der Waals surface area contributed by atoms with E-state index in [4.69, 9.17) is 14.2 Å². The third-order valence-electron chi connectivity index (χ3n) is 14.0. The first-order valence-corrected chi connectivity index (χ1v) is 27.7. The summed E-state index contributed by atoms with van der Waals surface area (Å²) in [4.78, 5) is 12.2. The predicted molar refractivity (Wildman–Crippen MR) is 331 cm³/mol. The SMILES string of the molecule is CC(Oc1cc(C#N)ccc1Cn1ccnc1)c1ccc(-c2ccccc2)cc1.N#Cc1ccc(Cn2ccnc2)c(OCc2cccc(-c3ccccc3)c2)c1.N#Cc1ccc(Cn2ccnc2)cc1OCc1ccc(-c2ccccc2)cc1. The number of hydrogen-bond donors (Lipinski definition) is 0. The average Bonchev–Trinajstić information content (AvgIpc) is 4.59. The van der Waals surface area contributed by atoms with E-state index in [0.29, 0.717) is 55.3 Å². The second-order valence-corrected chi connectivity index (χ2v) is 20.0. The van der Waals surface area contributed by atoms with Crippen LogP contribution < -0.4 is 14.2 Å². The molecule has 0 saturated heterocycles. The van der Waals surface area contributed by atoms with Gasteiger partial charge in [0.2, 0.25) is 0 Å². The zero-order valence-corrected chi connectivity index (χ0v) is 46.8. The summed E-state index contributed by atoms with van der Waals surface area (Å²) >= 11 is 0. The molecule has 0 spiro atoms. The molecule has 0 radical (unpaired) electrons. The lowest BCUT2D eigenvalue weighted by atomic mass is 10.0. The quantitative estimate of drug-likeness (QED) is 0.0817. The van der Waals surface area contributed by atoms with Crippen molar-refractivity contribution in [1.29, 1.82) is 15.8 Å². The maximum Gasteiger partial charge on any atom is 0.137 e. The Balaban J connectivity index is 0.000000142. The first-order valence-electron chi connectivity index (χ1n) is 27.7. The molecular formula is C73H59N9O3. The van der Waals surface area contributed by atoms with Crippen molar-refractivity contribution in [3.05, 3.63) is 325 Å². The summed E-state index contributed by atoms with van der Waals surface area (Å²) in [7, 11) is 0. The summed E-state index contributed by atoms with van der Waals surface area (Å²) < 4.78 is 24.3. The van der Waals surface area contributed by atoms with Gasteiger partial charge in [-0.05, 0) is 105 Å². The van der Waals surface area contributed by atoms with E-state index in [1.54, 1.807) is 55.8 Å². The number of benzene rings is 9. The molecule has 0 fully saturated rings.